The van der Waals surface area contributed by atoms with E-state index in [1.54, 1.807) is 6.20 Å². The number of carbonyl (C=O) groups excluding carboxylic acids is 1. The van der Waals surface area contributed by atoms with E-state index in [-0.39, 0.29) is 18.7 Å². The minimum atomic E-state index is -0.243. The zero-order valence-electron chi connectivity index (χ0n) is 10.2. The van der Waals surface area contributed by atoms with Crippen molar-refractivity contribution < 1.29 is 9.90 Å². The van der Waals surface area contributed by atoms with E-state index in [1.165, 1.54) is 11.3 Å². The molecule has 1 unspecified atom stereocenters. The lowest BCUT2D eigenvalue weighted by Crippen LogP contribution is -2.36. The number of thiazole rings is 1. The molecule has 2 amide bonds. The van der Waals surface area contributed by atoms with Crippen LogP contribution in [0.1, 0.15) is 31.6 Å². The number of aliphatic hydroxyl groups excluding tert-OH is 1. The van der Waals surface area contributed by atoms with Gasteiger partial charge in [0.25, 0.3) is 0 Å². The van der Waals surface area contributed by atoms with Crippen LogP contribution in [-0.2, 0) is 6.42 Å². The number of nitrogens with one attached hydrogen (secondary N) is 2. The van der Waals surface area contributed by atoms with Crippen LogP contribution < -0.4 is 10.6 Å². The summed E-state index contributed by atoms with van der Waals surface area (Å²) in [4.78, 5) is 16.8. The summed E-state index contributed by atoms with van der Waals surface area (Å²) in [5.74, 6) is 0. The number of hydrogen-bond acceptors (Lipinski definition) is 4. The van der Waals surface area contributed by atoms with Gasteiger partial charge >= 0.3 is 6.03 Å². The summed E-state index contributed by atoms with van der Waals surface area (Å²) < 4.78 is 0. The van der Waals surface area contributed by atoms with Crippen LogP contribution in [0.15, 0.2) is 6.20 Å². The van der Waals surface area contributed by atoms with E-state index < -0.39 is 0 Å². The molecule has 0 fully saturated rings. The molecule has 1 atom stereocenters. The Balaban J connectivity index is 2.33. The Morgan fingerprint density at radius 1 is 1.65 bits per heavy atom. The van der Waals surface area contributed by atoms with Crippen molar-refractivity contribution in [3.8, 4) is 0 Å². The third-order valence-electron chi connectivity index (χ3n) is 2.30. The fourth-order valence-electron chi connectivity index (χ4n) is 1.36. The molecule has 6 heteroatoms. The summed E-state index contributed by atoms with van der Waals surface area (Å²) in [6.45, 7) is 4.11. The number of aromatic nitrogens is 1. The van der Waals surface area contributed by atoms with E-state index >= 15 is 0 Å². The molecule has 3 N–H and O–H groups in total. The quantitative estimate of drug-likeness (QED) is 0.729. The molecule has 1 heterocycles. The molecule has 0 aromatic carbocycles. The third kappa shape index (κ3) is 5.14. The molecule has 1 aromatic heterocycles. The van der Waals surface area contributed by atoms with Crippen LogP contribution in [0.25, 0.3) is 0 Å². The van der Waals surface area contributed by atoms with Gasteiger partial charge < -0.3 is 10.4 Å². The van der Waals surface area contributed by atoms with Crippen molar-refractivity contribution >= 4 is 22.5 Å². The van der Waals surface area contributed by atoms with Crippen LogP contribution in [0.4, 0.5) is 9.93 Å². The van der Waals surface area contributed by atoms with Crippen molar-refractivity contribution in [3.05, 3.63) is 11.1 Å². The van der Waals surface area contributed by atoms with Gasteiger partial charge in [-0.05, 0) is 26.2 Å². The molecule has 0 saturated carbocycles. The highest BCUT2D eigenvalue weighted by atomic mass is 32.1. The normalized spacial score (nSPS) is 12.2. The maximum Gasteiger partial charge on any atom is 0.321 e. The molecule has 0 radical (unpaired) electrons. The summed E-state index contributed by atoms with van der Waals surface area (Å²) >= 11 is 1.48. The zero-order chi connectivity index (χ0) is 12.7. The van der Waals surface area contributed by atoms with Crippen molar-refractivity contribution in [2.75, 3.05) is 11.9 Å². The Morgan fingerprint density at radius 2 is 2.41 bits per heavy atom. The smallest absolute Gasteiger partial charge is 0.321 e. The first-order chi connectivity index (χ1) is 8.15. The van der Waals surface area contributed by atoms with Crippen LogP contribution in [0.3, 0.4) is 0 Å². The molecule has 17 heavy (non-hydrogen) atoms. The van der Waals surface area contributed by atoms with Crippen LogP contribution in [0.5, 0.6) is 0 Å². The number of hydrogen-bond donors (Lipinski definition) is 3. The maximum absolute atomic E-state index is 11.6. The van der Waals surface area contributed by atoms with Crippen LogP contribution >= 0.6 is 11.3 Å². The van der Waals surface area contributed by atoms with E-state index in [4.69, 9.17) is 5.11 Å². The lowest BCUT2D eigenvalue weighted by molar-refractivity contribution is 0.245. The number of carbonyl (C=O) groups is 1. The molecule has 0 saturated heterocycles. The summed E-state index contributed by atoms with van der Waals surface area (Å²) in [5.41, 5.74) is 0. The third-order valence-corrected chi connectivity index (χ3v) is 3.35. The zero-order valence-corrected chi connectivity index (χ0v) is 11.0. The topological polar surface area (TPSA) is 74.2 Å². The number of urea groups is 1. The Hall–Kier alpha value is -1.14. The van der Waals surface area contributed by atoms with Crippen molar-refractivity contribution in [1.29, 1.82) is 0 Å². The molecule has 0 spiro atoms. The standard InChI is InChI=1S/C11H19N3O2S/c1-3-9-7-12-11(17-9)14-10(16)13-8(2)5-4-6-15/h7-8,15H,3-6H2,1-2H3,(H2,12,13,14,16). The van der Waals surface area contributed by atoms with Gasteiger partial charge in [-0.3, -0.25) is 5.32 Å². The van der Waals surface area contributed by atoms with Crippen molar-refractivity contribution in [3.63, 3.8) is 0 Å². The monoisotopic (exact) mass is 257 g/mol. The fourth-order valence-corrected chi connectivity index (χ4v) is 2.10. The first-order valence-corrected chi connectivity index (χ1v) is 6.60. The average Bonchev–Trinajstić information content (AvgIpc) is 2.73. The molecule has 1 aromatic rings. The predicted octanol–water partition coefficient (Wildman–Crippen LogP) is 1.99. The highest BCUT2D eigenvalue weighted by Crippen LogP contribution is 2.17. The lowest BCUT2D eigenvalue weighted by atomic mass is 10.2. The minimum Gasteiger partial charge on any atom is -0.396 e. The molecule has 1 rings (SSSR count). The van der Waals surface area contributed by atoms with Crippen molar-refractivity contribution in [2.45, 2.75) is 39.2 Å². The second kappa shape index (κ2) is 7.24. The number of anilines is 1. The molecule has 0 aliphatic rings. The molecule has 96 valence electrons. The van der Waals surface area contributed by atoms with E-state index in [0.29, 0.717) is 11.6 Å². The SMILES string of the molecule is CCc1cnc(NC(=O)NC(C)CCCO)s1. The van der Waals surface area contributed by atoms with E-state index in [2.05, 4.69) is 15.6 Å². The maximum atomic E-state index is 11.6. The highest BCUT2D eigenvalue weighted by molar-refractivity contribution is 7.15. The summed E-state index contributed by atoms with van der Waals surface area (Å²) in [7, 11) is 0. The van der Waals surface area contributed by atoms with Gasteiger partial charge in [-0.1, -0.05) is 6.92 Å². The molecular weight excluding hydrogens is 238 g/mol. The van der Waals surface area contributed by atoms with Crippen LogP contribution in [0.2, 0.25) is 0 Å². The number of nitrogens with zero attached hydrogens (tertiary/aromatic N) is 1. The van der Waals surface area contributed by atoms with E-state index in [9.17, 15) is 4.79 Å². The molecule has 0 aliphatic carbocycles. The molecular formula is C11H19N3O2S. The Bertz CT molecular complexity index is 354. The molecule has 5 nitrogen and oxygen atoms in total. The average molecular weight is 257 g/mol. The largest absolute Gasteiger partial charge is 0.396 e. The summed E-state index contributed by atoms with van der Waals surface area (Å²) in [6.07, 6.45) is 4.16. The lowest BCUT2D eigenvalue weighted by Gasteiger charge is -2.12. The van der Waals surface area contributed by atoms with E-state index in [1.807, 2.05) is 13.8 Å². The Morgan fingerprint density at radius 3 is 3.00 bits per heavy atom. The molecule has 0 aliphatic heterocycles. The van der Waals surface area contributed by atoms with Crippen LogP contribution in [0, 0.1) is 0 Å². The Kier molecular flexibility index (Phi) is 5.93. The number of aliphatic hydroxyl groups is 1. The number of rotatable bonds is 6. The first kappa shape index (κ1) is 13.9. The van der Waals surface area contributed by atoms with E-state index in [0.717, 1.165) is 17.7 Å². The van der Waals surface area contributed by atoms with Gasteiger partial charge in [-0.25, -0.2) is 9.78 Å². The van der Waals surface area contributed by atoms with Gasteiger partial charge in [0.2, 0.25) is 0 Å². The molecule has 0 bridgehead atoms. The second-order valence-corrected chi connectivity index (χ2v) is 4.97. The number of amides is 2. The first-order valence-electron chi connectivity index (χ1n) is 5.78. The fraction of sp³-hybridized carbons (Fsp3) is 0.636. The van der Waals surface area contributed by atoms with Gasteiger partial charge in [-0.15, -0.1) is 11.3 Å². The minimum absolute atomic E-state index is 0.0488. The van der Waals surface area contributed by atoms with Gasteiger partial charge in [0.15, 0.2) is 5.13 Å². The highest BCUT2D eigenvalue weighted by Gasteiger charge is 2.08. The van der Waals surface area contributed by atoms with Gasteiger partial charge in [-0.2, -0.15) is 0 Å². The Labute approximate surface area is 105 Å². The summed E-state index contributed by atoms with van der Waals surface area (Å²) in [5, 5.41) is 14.8. The van der Waals surface area contributed by atoms with Gasteiger partial charge in [0.05, 0.1) is 0 Å². The predicted molar refractivity (Wildman–Crippen MR) is 69.4 cm³/mol. The van der Waals surface area contributed by atoms with Gasteiger partial charge in [0, 0.05) is 23.7 Å². The second-order valence-electron chi connectivity index (χ2n) is 3.85. The van der Waals surface area contributed by atoms with Crippen LogP contribution in [-0.4, -0.2) is 28.8 Å². The summed E-state index contributed by atoms with van der Waals surface area (Å²) in [6, 6.07) is -0.194. The number of aryl methyl sites for hydroxylation is 1. The van der Waals surface area contributed by atoms with Crippen molar-refractivity contribution in [1.82, 2.24) is 10.3 Å². The van der Waals surface area contributed by atoms with Gasteiger partial charge in [0.1, 0.15) is 0 Å². The van der Waals surface area contributed by atoms with Crippen molar-refractivity contribution in [2.24, 2.45) is 0 Å².